The molecule has 116 valence electrons. The van der Waals surface area contributed by atoms with Gasteiger partial charge in [-0.2, -0.15) is 0 Å². The zero-order chi connectivity index (χ0) is 15.7. The maximum absolute atomic E-state index is 11.7. The van der Waals surface area contributed by atoms with Gasteiger partial charge in [0.2, 0.25) is 5.91 Å². The van der Waals surface area contributed by atoms with Gasteiger partial charge in [0.1, 0.15) is 4.88 Å². The van der Waals surface area contributed by atoms with Crippen LogP contribution in [0.1, 0.15) is 23.0 Å². The molecule has 22 heavy (non-hydrogen) atoms. The number of anilines is 1. The van der Waals surface area contributed by atoms with Crippen molar-refractivity contribution in [2.45, 2.75) is 13.3 Å². The molecule has 6 heteroatoms. The Morgan fingerprint density at radius 2 is 1.95 bits per heavy atom. The van der Waals surface area contributed by atoms with E-state index in [2.05, 4.69) is 4.90 Å². The summed E-state index contributed by atoms with van der Waals surface area (Å²) in [5, 5.41) is 10.1. The first kappa shape index (κ1) is 14.8. The third-order valence-electron chi connectivity index (χ3n) is 4.02. The van der Waals surface area contributed by atoms with Crippen LogP contribution in [0.5, 0.6) is 0 Å². The summed E-state index contributed by atoms with van der Waals surface area (Å²) in [7, 11) is 0. The summed E-state index contributed by atoms with van der Waals surface area (Å²) >= 11 is 1.30. The summed E-state index contributed by atoms with van der Waals surface area (Å²) < 4.78 is 0.988. The normalized spacial score (nSPS) is 15.3. The summed E-state index contributed by atoms with van der Waals surface area (Å²) in [4.78, 5) is 27.4. The van der Waals surface area contributed by atoms with E-state index < -0.39 is 5.97 Å². The molecule has 0 radical (unpaired) electrons. The minimum absolute atomic E-state index is 0.196. The number of piperazine rings is 1. The number of fused-ring (bicyclic) bond motifs is 1. The summed E-state index contributed by atoms with van der Waals surface area (Å²) in [5.41, 5.74) is 1.06. The number of hydrogen-bond acceptors (Lipinski definition) is 4. The van der Waals surface area contributed by atoms with E-state index in [0.717, 1.165) is 42.0 Å². The first-order valence-electron chi connectivity index (χ1n) is 7.38. The predicted molar refractivity (Wildman–Crippen MR) is 87.9 cm³/mol. The van der Waals surface area contributed by atoms with Crippen molar-refractivity contribution in [2.75, 3.05) is 31.1 Å². The van der Waals surface area contributed by atoms with Crippen molar-refractivity contribution in [2.24, 2.45) is 0 Å². The minimum Gasteiger partial charge on any atom is -0.477 e. The van der Waals surface area contributed by atoms with E-state index >= 15 is 0 Å². The number of amides is 1. The maximum Gasteiger partial charge on any atom is 0.345 e. The lowest BCUT2D eigenvalue weighted by Gasteiger charge is -2.36. The number of thiophene rings is 1. The first-order chi connectivity index (χ1) is 10.6. The third kappa shape index (κ3) is 2.66. The average Bonchev–Trinajstić information content (AvgIpc) is 2.98. The Balaban J connectivity index is 1.85. The molecule has 0 bridgehead atoms. The number of nitrogens with zero attached hydrogens (tertiary/aromatic N) is 2. The Bertz CT molecular complexity index is 717. The lowest BCUT2D eigenvalue weighted by Crippen LogP contribution is -2.48. The van der Waals surface area contributed by atoms with Gasteiger partial charge in [0.15, 0.2) is 0 Å². The van der Waals surface area contributed by atoms with Crippen LogP contribution in [0.4, 0.5) is 5.69 Å². The summed E-state index contributed by atoms with van der Waals surface area (Å²) in [6, 6.07) is 7.69. The molecule has 3 rings (SSSR count). The van der Waals surface area contributed by atoms with Crippen LogP contribution in [0.15, 0.2) is 24.3 Å². The van der Waals surface area contributed by atoms with Crippen molar-refractivity contribution in [3.8, 4) is 0 Å². The Morgan fingerprint density at radius 3 is 2.59 bits per heavy atom. The summed E-state index contributed by atoms with van der Waals surface area (Å²) in [5.74, 6) is -0.688. The first-order valence-corrected chi connectivity index (χ1v) is 8.20. The standard InChI is InChI=1S/C16H18N2O3S/c1-2-15(19)18-8-6-17(7-9-18)12-4-3-5-13-11(12)10-14(22-13)16(20)21/h3-5,10H,2,6-9H2,1H3,(H,20,21). The number of rotatable bonds is 3. The smallest absolute Gasteiger partial charge is 0.345 e. The molecule has 1 aliphatic heterocycles. The summed E-state index contributed by atoms with van der Waals surface area (Å²) in [6.07, 6.45) is 0.544. The van der Waals surface area contributed by atoms with Gasteiger partial charge in [0.25, 0.3) is 0 Å². The monoisotopic (exact) mass is 318 g/mol. The van der Waals surface area contributed by atoms with Gasteiger partial charge in [0, 0.05) is 48.4 Å². The third-order valence-corrected chi connectivity index (χ3v) is 5.11. The minimum atomic E-state index is -0.884. The molecule has 1 aromatic heterocycles. The molecule has 1 N–H and O–H groups in total. The van der Waals surface area contributed by atoms with Crippen LogP contribution >= 0.6 is 11.3 Å². The second-order valence-corrected chi connectivity index (χ2v) is 6.41. The van der Waals surface area contributed by atoms with Crippen molar-refractivity contribution in [3.63, 3.8) is 0 Å². The highest BCUT2D eigenvalue weighted by molar-refractivity contribution is 7.20. The lowest BCUT2D eigenvalue weighted by atomic mass is 10.1. The fraction of sp³-hybridized carbons (Fsp3) is 0.375. The van der Waals surface area contributed by atoms with Gasteiger partial charge >= 0.3 is 5.97 Å². The SMILES string of the molecule is CCC(=O)N1CCN(c2cccc3sc(C(=O)O)cc23)CC1. The van der Waals surface area contributed by atoms with Crippen LogP contribution in [0.25, 0.3) is 10.1 Å². The van der Waals surface area contributed by atoms with Crippen LogP contribution < -0.4 is 4.90 Å². The van der Waals surface area contributed by atoms with Crippen molar-refractivity contribution < 1.29 is 14.7 Å². The number of carboxylic acids is 1. The van der Waals surface area contributed by atoms with Crippen molar-refractivity contribution in [1.29, 1.82) is 0 Å². The van der Waals surface area contributed by atoms with Crippen LogP contribution in [0, 0.1) is 0 Å². The Labute approximate surface area is 132 Å². The van der Waals surface area contributed by atoms with E-state index in [9.17, 15) is 9.59 Å². The summed E-state index contributed by atoms with van der Waals surface area (Å²) in [6.45, 7) is 4.89. The molecule has 0 saturated carbocycles. The number of benzene rings is 1. The van der Waals surface area contributed by atoms with E-state index in [1.54, 1.807) is 6.07 Å². The molecule has 2 aromatic rings. The number of carboxylic acid groups (broad SMARTS) is 1. The molecular formula is C16H18N2O3S. The van der Waals surface area contributed by atoms with E-state index in [1.807, 2.05) is 30.0 Å². The average molecular weight is 318 g/mol. The van der Waals surface area contributed by atoms with Gasteiger partial charge in [-0.1, -0.05) is 13.0 Å². The highest BCUT2D eigenvalue weighted by Gasteiger charge is 2.22. The highest BCUT2D eigenvalue weighted by atomic mass is 32.1. The van der Waals surface area contributed by atoms with Crippen molar-refractivity contribution in [3.05, 3.63) is 29.1 Å². The van der Waals surface area contributed by atoms with Gasteiger partial charge in [0.05, 0.1) is 0 Å². The second-order valence-electron chi connectivity index (χ2n) is 5.33. The van der Waals surface area contributed by atoms with E-state index in [-0.39, 0.29) is 5.91 Å². The van der Waals surface area contributed by atoms with E-state index in [1.165, 1.54) is 11.3 Å². The molecule has 1 saturated heterocycles. The molecule has 0 unspecified atom stereocenters. The van der Waals surface area contributed by atoms with E-state index in [4.69, 9.17) is 5.11 Å². The topological polar surface area (TPSA) is 60.9 Å². The fourth-order valence-corrected chi connectivity index (χ4v) is 3.77. The quantitative estimate of drug-likeness (QED) is 0.945. The van der Waals surface area contributed by atoms with Gasteiger partial charge < -0.3 is 14.9 Å². The molecule has 1 fully saturated rings. The number of aromatic carboxylic acids is 1. The van der Waals surface area contributed by atoms with Gasteiger partial charge in [-0.25, -0.2) is 4.79 Å². The molecule has 2 heterocycles. The van der Waals surface area contributed by atoms with Crippen LogP contribution in [0.3, 0.4) is 0 Å². The molecular weight excluding hydrogens is 300 g/mol. The second kappa shape index (κ2) is 5.96. The zero-order valence-electron chi connectivity index (χ0n) is 12.4. The Morgan fingerprint density at radius 1 is 1.23 bits per heavy atom. The molecule has 0 spiro atoms. The highest BCUT2D eigenvalue weighted by Crippen LogP contribution is 2.33. The molecule has 5 nitrogen and oxygen atoms in total. The fourth-order valence-electron chi connectivity index (χ4n) is 2.85. The zero-order valence-corrected chi connectivity index (χ0v) is 13.2. The van der Waals surface area contributed by atoms with Crippen LogP contribution in [-0.2, 0) is 4.79 Å². The predicted octanol–water partition coefficient (Wildman–Crippen LogP) is 2.66. The van der Waals surface area contributed by atoms with Crippen LogP contribution in [0.2, 0.25) is 0 Å². The number of carbonyl (C=O) groups excluding carboxylic acids is 1. The largest absolute Gasteiger partial charge is 0.477 e. The number of carbonyl (C=O) groups is 2. The molecule has 1 amide bonds. The van der Waals surface area contributed by atoms with E-state index in [0.29, 0.717) is 11.3 Å². The maximum atomic E-state index is 11.7. The lowest BCUT2D eigenvalue weighted by molar-refractivity contribution is -0.131. The molecule has 1 aromatic carbocycles. The van der Waals surface area contributed by atoms with Gasteiger partial charge in [-0.15, -0.1) is 11.3 Å². The van der Waals surface area contributed by atoms with Gasteiger partial charge in [-0.05, 0) is 18.2 Å². The molecule has 0 atom stereocenters. The molecule has 0 aliphatic carbocycles. The van der Waals surface area contributed by atoms with Crippen molar-refractivity contribution in [1.82, 2.24) is 4.90 Å². The Kier molecular flexibility index (Phi) is 4.02. The van der Waals surface area contributed by atoms with Crippen LogP contribution in [-0.4, -0.2) is 48.1 Å². The van der Waals surface area contributed by atoms with Crippen molar-refractivity contribution >= 4 is 39.0 Å². The van der Waals surface area contributed by atoms with Gasteiger partial charge in [-0.3, -0.25) is 4.79 Å². The Hall–Kier alpha value is -2.08. The number of hydrogen-bond donors (Lipinski definition) is 1. The molecule has 1 aliphatic rings.